The summed E-state index contributed by atoms with van der Waals surface area (Å²) in [6, 6.07) is 11.6. The van der Waals surface area contributed by atoms with Gasteiger partial charge in [-0.05, 0) is 43.3 Å². The van der Waals surface area contributed by atoms with Crippen LogP contribution in [0.25, 0.3) is 11.0 Å². The first kappa shape index (κ1) is 17.9. The zero-order chi connectivity index (χ0) is 18.7. The van der Waals surface area contributed by atoms with Crippen LogP contribution in [0.3, 0.4) is 0 Å². The van der Waals surface area contributed by atoms with Gasteiger partial charge in [-0.15, -0.1) is 12.6 Å². The van der Waals surface area contributed by atoms with Crippen LogP contribution in [0.5, 0.6) is 0 Å². The van der Waals surface area contributed by atoms with Crippen molar-refractivity contribution in [1.82, 2.24) is 5.32 Å². The van der Waals surface area contributed by atoms with Crippen LogP contribution >= 0.6 is 12.6 Å². The normalized spacial score (nSPS) is 11.2. The topological polar surface area (TPSA) is 54.6 Å². The number of thiol groups is 1. The van der Waals surface area contributed by atoms with E-state index in [1.807, 2.05) is 25.1 Å². The summed E-state index contributed by atoms with van der Waals surface area (Å²) < 4.78 is 18.4. The molecular weight excluding hydrogens is 351 g/mol. The van der Waals surface area contributed by atoms with Crippen molar-refractivity contribution in [3.8, 4) is 0 Å². The largest absolute Gasteiger partial charge is 0.423 e. The van der Waals surface area contributed by atoms with Crippen molar-refractivity contribution in [2.75, 3.05) is 0 Å². The molecule has 0 atom stereocenters. The second-order valence-electron chi connectivity index (χ2n) is 5.92. The Bertz CT molecular complexity index is 1070. The maximum atomic E-state index is 13.0. The van der Waals surface area contributed by atoms with E-state index in [1.54, 1.807) is 6.07 Å². The molecule has 0 spiro atoms. The molecule has 26 heavy (non-hydrogen) atoms. The number of rotatable bonds is 5. The summed E-state index contributed by atoms with van der Waals surface area (Å²) in [6.45, 7) is 5.87. The number of fused-ring (bicyclic) bond motifs is 1. The number of aryl methyl sites for hydroxylation is 1. The number of benzene rings is 2. The van der Waals surface area contributed by atoms with Crippen molar-refractivity contribution in [2.24, 2.45) is 4.99 Å². The van der Waals surface area contributed by atoms with Gasteiger partial charge < -0.3 is 9.73 Å². The lowest BCUT2D eigenvalue weighted by molar-refractivity contribution is 0.551. The molecule has 3 rings (SSSR count). The molecule has 4 nitrogen and oxygen atoms in total. The predicted molar refractivity (Wildman–Crippen MR) is 105 cm³/mol. The highest BCUT2D eigenvalue weighted by Gasteiger charge is 2.07. The molecule has 0 aliphatic heterocycles. The number of hydrogen-bond acceptors (Lipinski definition) is 4. The highest BCUT2D eigenvalue weighted by Crippen LogP contribution is 2.23. The summed E-state index contributed by atoms with van der Waals surface area (Å²) in [6.07, 6.45) is 1.73. The Morgan fingerprint density at radius 3 is 2.88 bits per heavy atom. The lowest BCUT2D eigenvalue weighted by atomic mass is 10.1. The zero-order valence-corrected chi connectivity index (χ0v) is 15.0. The van der Waals surface area contributed by atoms with E-state index in [1.165, 1.54) is 24.5 Å². The van der Waals surface area contributed by atoms with Gasteiger partial charge in [-0.1, -0.05) is 18.2 Å². The Morgan fingerprint density at radius 2 is 2.12 bits per heavy atom. The minimum Gasteiger partial charge on any atom is -0.423 e. The Labute approximate surface area is 155 Å². The molecule has 6 heteroatoms. The highest BCUT2D eigenvalue weighted by molar-refractivity contribution is 7.80. The lowest BCUT2D eigenvalue weighted by Crippen LogP contribution is -2.16. The second-order valence-corrected chi connectivity index (χ2v) is 6.40. The summed E-state index contributed by atoms with van der Waals surface area (Å²) in [5.74, 6) is -0.371. The van der Waals surface area contributed by atoms with Gasteiger partial charge >= 0.3 is 5.63 Å². The minimum atomic E-state index is -0.391. The van der Waals surface area contributed by atoms with Crippen molar-refractivity contribution in [2.45, 2.75) is 18.2 Å². The lowest BCUT2D eigenvalue weighted by Gasteiger charge is -2.06. The molecule has 0 saturated heterocycles. The van der Waals surface area contributed by atoms with Crippen molar-refractivity contribution >= 4 is 35.6 Å². The number of hydrogen-bond donors (Lipinski definition) is 2. The van der Waals surface area contributed by atoms with Crippen LogP contribution in [0.15, 0.2) is 73.8 Å². The quantitative estimate of drug-likeness (QED) is 0.301. The van der Waals surface area contributed by atoms with Crippen molar-refractivity contribution in [3.05, 3.63) is 82.1 Å². The smallest absolute Gasteiger partial charge is 0.339 e. The number of aliphatic imine (C=N–C) groups is 1. The van der Waals surface area contributed by atoms with E-state index in [2.05, 4.69) is 29.5 Å². The first-order valence-corrected chi connectivity index (χ1v) is 8.36. The van der Waals surface area contributed by atoms with Gasteiger partial charge in [0.2, 0.25) is 0 Å². The molecule has 0 amide bonds. The minimum absolute atomic E-state index is 0.301. The third-order valence-corrected chi connectivity index (χ3v) is 4.13. The first-order valence-electron chi connectivity index (χ1n) is 7.91. The Morgan fingerprint density at radius 1 is 1.31 bits per heavy atom. The summed E-state index contributed by atoms with van der Waals surface area (Å²) in [5.41, 5.74) is 2.86. The molecule has 132 valence electrons. The standard InChI is InChI=1S/C20H17FN2O2S/c1-12-3-6-18-14(7-12)9-15(20(24)25-18)8-13(2)22-11-23-17-5-4-16(21)10-19(17)26/h3-7,9-11,26H,2,8H2,1H3,(H,22,23). The monoisotopic (exact) mass is 368 g/mol. The van der Waals surface area contributed by atoms with Gasteiger partial charge in [-0.2, -0.15) is 0 Å². The third kappa shape index (κ3) is 4.21. The van der Waals surface area contributed by atoms with E-state index in [9.17, 15) is 9.18 Å². The molecule has 1 aromatic heterocycles. The molecule has 0 radical (unpaired) electrons. The molecule has 0 fully saturated rings. The molecular formula is C20H17FN2O2S. The predicted octanol–water partition coefficient (Wildman–Crippen LogP) is 4.54. The number of nitrogens with zero attached hydrogens (tertiary/aromatic N) is 1. The molecule has 1 N–H and O–H groups in total. The van der Waals surface area contributed by atoms with E-state index in [-0.39, 0.29) is 5.82 Å². The summed E-state index contributed by atoms with van der Waals surface area (Å²) in [4.78, 5) is 16.7. The molecule has 3 aromatic rings. The SMILES string of the molecule is C=C(Cc1cc2cc(C)ccc2oc1=O)NC=Nc1ccc(F)cc1S. The fraction of sp³-hybridized carbons (Fsp3) is 0.100. The van der Waals surface area contributed by atoms with E-state index in [0.717, 1.165) is 10.9 Å². The van der Waals surface area contributed by atoms with Crippen molar-refractivity contribution < 1.29 is 8.81 Å². The molecule has 0 aliphatic carbocycles. The molecule has 0 aliphatic rings. The summed E-state index contributed by atoms with van der Waals surface area (Å²) in [7, 11) is 0. The maximum Gasteiger partial charge on any atom is 0.339 e. The first-order chi connectivity index (χ1) is 12.4. The van der Waals surface area contributed by atoms with Crippen LogP contribution in [0.2, 0.25) is 0 Å². The molecule has 0 unspecified atom stereocenters. The fourth-order valence-electron chi connectivity index (χ4n) is 2.49. The zero-order valence-electron chi connectivity index (χ0n) is 14.1. The van der Waals surface area contributed by atoms with Gasteiger partial charge in [-0.3, -0.25) is 0 Å². The second kappa shape index (κ2) is 7.58. The van der Waals surface area contributed by atoms with Crippen LogP contribution in [-0.2, 0) is 6.42 Å². The Balaban J connectivity index is 1.71. The fourth-order valence-corrected chi connectivity index (χ4v) is 2.74. The van der Waals surface area contributed by atoms with Gasteiger partial charge in [0.25, 0.3) is 0 Å². The van der Waals surface area contributed by atoms with E-state index in [4.69, 9.17) is 4.42 Å². The Kier molecular flexibility index (Phi) is 5.23. The number of allylic oxidation sites excluding steroid dienone is 1. The van der Waals surface area contributed by atoms with Crippen LogP contribution in [0.1, 0.15) is 11.1 Å². The molecule has 0 saturated carbocycles. The van der Waals surface area contributed by atoms with Crippen LogP contribution in [0.4, 0.5) is 10.1 Å². The van der Waals surface area contributed by atoms with Crippen LogP contribution < -0.4 is 10.9 Å². The van der Waals surface area contributed by atoms with E-state index >= 15 is 0 Å². The highest BCUT2D eigenvalue weighted by atomic mass is 32.1. The summed E-state index contributed by atoms with van der Waals surface area (Å²) in [5, 5.41) is 3.78. The molecule has 0 bridgehead atoms. The average Bonchev–Trinajstić information content (AvgIpc) is 2.58. The number of nitrogens with one attached hydrogen (secondary N) is 1. The average molecular weight is 368 g/mol. The van der Waals surface area contributed by atoms with Crippen LogP contribution in [-0.4, -0.2) is 6.34 Å². The maximum absolute atomic E-state index is 13.0. The van der Waals surface area contributed by atoms with Gasteiger partial charge in [0.15, 0.2) is 0 Å². The van der Waals surface area contributed by atoms with Gasteiger partial charge in [0, 0.05) is 28.0 Å². The number of halogens is 1. The van der Waals surface area contributed by atoms with Gasteiger partial charge in [-0.25, -0.2) is 14.2 Å². The third-order valence-electron chi connectivity index (χ3n) is 3.77. The molecule has 1 heterocycles. The Hall–Kier alpha value is -2.86. The molecule has 2 aromatic carbocycles. The van der Waals surface area contributed by atoms with Crippen molar-refractivity contribution in [1.29, 1.82) is 0 Å². The summed E-state index contributed by atoms with van der Waals surface area (Å²) >= 11 is 4.17. The van der Waals surface area contributed by atoms with E-state index < -0.39 is 5.63 Å². The van der Waals surface area contributed by atoms with E-state index in [0.29, 0.717) is 33.8 Å². The van der Waals surface area contributed by atoms with Crippen LogP contribution in [0, 0.1) is 12.7 Å². The van der Waals surface area contributed by atoms with Gasteiger partial charge in [0.1, 0.15) is 11.4 Å². The van der Waals surface area contributed by atoms with Crippen molar-refractivity contribution in [3.63, 3.8) is 0 Å². The van der Waals surface area contributed by atoms with Gasteiger partial charge in [0.05, 0.1) is 12.0 Å².